The predicted molar refractivity (Wildman–Crippen MR) is 92.2 cm³/mol. The highest BCUT2D eigenvalue weighted by Gasteiger charge is 2.20. The van der Waals surface area contributed by atoms with Gasteiger partial charge in [-0.25, -0.2) is 0 Å². The Morgan fingerprint density at radius 3 is 1.29 bits per heavy atom. The highest BCUT2D eigenvalue weighted by atomic mass is 16.5. The summed E-state index contributed by atoms with van der Waals surface area (Å²) in [6, 6.07) is 0. The van der Waals surface area contributed by atoms with Crippen LogP contribution < -0.4 is 0 Å². The first kappa shape index (κ1) is 22.9. The van der Waals surface area contributed by atoms with E-state index in [0.717, 1.165) is 12.8 Å². The lowest BCUT2D eigenvalue weighted by Gasteiger charge is -2.24. The molecule has 24 heavy (non-hydrogen) atoms. The van der Waals surface area contributed by atoms with Crippen LogP contribution in [0.3, 0.4) is 0 Å². The van der Waals surface area contributed by atoms with Gasteiger partial charge in [-0.1, -0.05) is 27.7 Å². The van der Waals surface area contributed by atoms with Gasteiger partial charge < -0.3 is 19.7 Å². The number of aliphatic carboxylic acids is 2. The SMILES string of the molecule is CC(C)(CCOCCOCCC(C)(C)CCC(=O)O)CCC(=O)O. The van der Waals surface area contributed by atoms with Crippen molar-refractivity contribution in [2.45, 2.75) is 66.2 Å². The molecule has 0 aromatic rings. The molecule has 0 aliphatic carbocycles. The van der Waals surface area contributed by atoms with Crippen LogP contribution in [0, 0.1) is 10.8 Å². The van der Waals surface area contributed by atoms with Gasteiger partial charge in [0.05, 0.1) is 13.2 Å². The van der Waals surface area contributed by atoms with E-state index in [4.69, 9.17) is 19.7 Å². The minimum absolute atomic E-state index is 0.0343. The number of carbonyl (C=O) groups is 2. The third kappa shape index (κ3) is 14.5. The molecule has 0 aliphatic rings. The first-order valence-electron chi connectivity index (χ1n) is 8.63. The summed E-state index contributed by atoms with van der Waals surface area (Å²) in [7, 11) is 0. The van der Waals surface area contributed by atoms with Crippen LogP contribution in [0.5, 0.6) is 0 Å². The van der Waals surface area contributed by atoms with Gasteiger partial charge in [0, 0.05) is 26.1 Å². The summed E-state index contributed by atoms with van der Waals surface area (Å²) in [4.78, 5) is 21.2. The first-order chi connectivity index (χ1) is 11.0. The van der Waals surface area contributed by atoms with Gasteiger partial charge in [-0.05, 0) is 36.5 Å². The standard InChI is InChI=1S/C18H34O6/c1-17(2,7-5-15(19)20)9-11-23-13-14-24-12-10-18(3,4)8-6-16(21)22/h5-14H2,1-4H3,(H,19,20)(H,21,22). The molecule has 0 spiro atoms. The topological polar surface area (TPSA) is 93.1 Å². The van der Waals surface area contributed by atoms with Crippen molar-refractivity contribution in [1.82, 2.24) is 0 Å². The smallest absolute Gasteiger partial charge is 0.303 e. The van der Waals surface area contributed by atoms with Gasteiger partial charge in [0.25, 0.3) is 0 Å². The molecule has 0 unspecified atom stereocenters. The lowest BCUT2D eigenvalue weighted by atomic mass is 9.85. The average Bonchev–Trinajstić information content (AvgIpc) is 2.46. The molecule has 0 atom stereocenters. The summed E-state index contributed by atoms with van der Waals surface area (Å²) in [5, 5.41) is 17.4. The molecule has 0 aliphatic heterocycles. The minimum Gasteiger partial charge on any atom is -0.481 e. The largest absolute Gasteiger partial charge is 0.481 e. The molecule has 6 heteroatoms. The molecular formula is C18H34O6. The Kier molecular flexibility index (Phi) is 10.9. The van der Waals surface area contributed by atoms with E-state index in [2.05, 4.69) is 27.7 Å². The van der Waals surface area contributed by atoms with Crippen molar-refractivity contribution in [2.24, 2.45) is 10.8 Å². The number of rotatable bonds is 15. The molecule has 0 rings (SSSR count). The molecule has 0 heterocycles. The van der Waals surface area contributed by atoms with Gasteiger partial charge >= 0.3 is 11.9 Å². The molecular weight excluding hydrogens is 312 g/mol. The third-order valence-corrected chi connectivity index (χ3v) is 4.25. The van der Waals surface area contributed by atoms with E-state index in [0.29, 0.717) is 39.3 Å². The number of carboxylic acids is 2. The minimum atomic E-state index is -0.760. The van der Waals surface area contributed by atoms with Crippen molar-refractivity contribution in [3.8, 4) is 0 Å². The molecule has 0 radical (unpaired) electrons. The van der Waals surface area contributed by atoms with Gasteiger partial charge in [-0.2, -0.15) is 0 Å². The maximum Gasteiger partial charge on any atom is 0.303 e. The van der Waals surface area contributed by atoms with E-state index in [1.54, 1.807) is 0 Å². The van der Waals surface area contributed by atoms with Gasteiger partial charge in [0.1, 0.15) is 0 Å². The van der Waals surface area contributed by atoms with Gasteiger partial charge in [0.2, 0.25) is 0 Å². The molecule has 0 amide bonds. The van der Waals surface area contributed by atoms with Crippen molar-refractivity contribution in [1.29, 1.82) is 0 Å². The number of ether oxygens (including phenoxy) is 2. The molecule has 0 bridgehead atoms. The monoisotopic (exact) mass is 346 g/mol. The maximum atomic E-state index is 10.6. The molecule has 0 saturated heterocycles. The Morgan fingerprint density at radius 2 is 1.00 bits per heavy atom. The summed E-state index contributed by atoms with van der Waals surface area (Å²) < 4.78 is 11.1. The molecule has 0 aromatic heterocycles. The zero-order valence-corrected chi connectivity index (χ0v) is 15.6. The summed E-state index contributed by atoms with van der Waals surface area (Å²) in [6.45, 7) is 10.4. The lowest BCUT2D eigenvalue weighted by molar-refractivity contribution is -0.138. The maximum absolute atomic E-state index is 10.6. The van der Waals surface area contributed by atoms with Crippen molar-refractivity contribution in [2.75, 3.05) is 26.4 Å². The van der Waals surface area contributed by atoms with E-state index < -0.39 is 11.9 Å². The number of hydrogen-bond acceptors (Lipinski definition) is 4. The molecule has 142 valence electrons. The zero-order chi connectivity index (χ0) is 18.6. The lowest BCUT2D eigenvalue weighted by Crippen LogP contribution is -2.18. The second kappa shape index (κ2) is 11.4. The molecule has 0 saturated carbocycles. The van der Waals surface area contributed by atoms with Crippen LogP contribution in [0.4, 0.5) is 0 Å². The van der Waals surface area contributed by atoms with Crippen LogP contribution in [-0.4, -0.2) is 48.6 Å². The Bertz CT molecular complexity index is 340. The van der Waals surface area contributed by atoms with E-state index in [-0.39, 0.29) is 23.7 Å². The second-order valence-corrected chi connectivity index (χ2v) is 7.84. The normalized spacial score (nSPS) is 12.3. The third-order valence-electron chi connectivity index (χ3n) is 4.25. The van der Waals surface area contributed by atoms with Gasteiger partial charge in [0.15, 0.2) is 0 Å². The van der Waals surface area contributed by atoms with E-state index in [9.17, 15) is 9.59 Å². The Hall–Kier alpha value is -1.14. The highest BCUT2D eigenvalue weighted by Crippen LogP contribution is 2.27. The average molecular weight is 346 g/mol. The Labute approximate surface area is 145 Å². The van der Waals surface area contributed by atoms with Crippen LogP contribution in [0.25, 0.3) is 0 Å². The van der Waals surface area contributed by atoms with Crippen molar-refractivity contribution in [3.05, 3.63) is 0 Å². The predicted octanol–water partition coefficient (Wildman–Crippen LogP) is 3.58. The summed E-state index contributed by atoms with van der Waals surface area (Å²) in [5.41, 5.74) is -0.0686. The zero-order valence-electron chi connectivity index (χ0n) is 15.6. The number of carboxylic acid groups (broad SMARTS) is 2. The quantitative estimate of drug-likeness (QED) is 0.440. The van der Waals surface area contributed by atoms with E-state index >= 15 is 0 Å². The van der Waals surface area contributed by atoms with E-state index in [1.165, 1.54) is 0 Å². The molecule has 2 N–H and O–H groups in total. The number of hydrogen-bond donors (Lipinski definition) is 2. The highest BCUT2D eigenvalue weighted by molar-refractivity contribution is 5.66. The Morgan fingerprint density at radius 1 is 0.667 bits per heavy atom. The fourth-order valence-electron chi connectivity index (χ4n) is 2.16. The van der Waals surface area contributed by atoms with Gasteiger partial charge in [-0.15, -0.1) is 0 Å². The molecule has 0 fully saturated rings. The molecule has 0 aromatic carbocycles. The fraction of sp³-hybridized carbons (Fsp3) is 0.889. The van der Waals surface area contributed by atoms with E-state index in [1.807, 2.05) is 0 Å². The fourth-order valence-corrected chi connectivity index (χ4v) is 2.16. The van der Waals surface area contributed by atoms with Crippen LogP contribution in [-0.2, 0) is 19.1 Å². The van der Waals surface area contributed by atoms with Crippen LogP contribution in [0.1, 0.15) is 66.2 Å². The van der Waals surface area contributed by atoms with Gasteiger partial charge in [-0.3, -0.25) is 9.59 Å². The Balaban J connectivity index is 3.60. The van der Waals surface area contributed by atoms with Crippen molar-refractivity contribution >= 4 is 11.9 Å². The summed E-state index contributed by atoms with van der Waals surface area (Å²) in [5.74, 6) is -1.52. The van der Waals surface area contributed by atoms with Crippen LogP contribution in [0.2, 0.25) is 0 Å². The summed E-state index contributed by atoms with van der Waals surface area (Å²) >= 11 is 0. The second-order valence-electron chi connectivity index (χ2n) is 7.84. The summed E-state index contributed by atoms with van der Waals surface area (Å²) in [6.07, 6.45) is 3.31. The first-order valence-corrected chi connectivity index (χ1v) is 8.63. The molecule has 6 nitrogen and oxygen atoms in total. The van der Waals surface area contributed by atoms with Crippen molar-refractivity contribution in [3.63, 3.8) is 0 Å². The van der Waals surface area contributed by atoms with Crippen LogP contribution in [0.15, 0.2) is 0 Å². The van der Waals surface area contributed by atoms with Crippen LogP contribution >= 0.6 is 0 Å². The van der Waals surface area contributed by atoms with Crippen molar-refractivity contribution < 1.29 is 29.3 Å².